The van der Waals surface area contributed by atoms with Crippen LogP contribution in [-0.2, 0) is 19.4 Å². The molecule has 2 nitrogen and oxygen atoms in total. The minimum absolute atomic E-state index is 0.0728. The summed E-state index contributed by atoms with van der Waals surface area (Å²) in [5.41, 5.74) is 10.6. The number of benzene rings is 2. The third kappa shape index (κ3) is 3.23. The number of hydrogen-bond acceptors (Lipinski definition) is 2. The predicted octanol–water partition coefficient (Wildman–Crippen LogP) is 3.39. The van der Waals surface area contributed by atoms with Crippen LogP contribution in [0.2, 0.25) is 0 Å². The van der Waals surface area contributed by atoms with Gasteiger partial charge in [0.15, 0.2) is 0 Å². The summed E-state index contributed by atoms with van der Waals surface area (Å²) in [6.07, 6.45) is 3.33. The van der Waals surface area contributed by atoms with E-state index < -0.39 is 0 Å². The number of nitrogens with two attached hydrogens (primary N) is 1. The molecule has 0 radical (unpaired) electrons. The Morgan fingerprint density at radius 3 is 2.41 bits per heavy atom. The molecular weight excluding hydrogens is 268 g/mol. The third-order valence-corrected chi connectivity index (χ3v) is 5.13. The number of rotatable bonds is 5. The van der Waals surface area contributed by atoms with E-state index in [1.807, 2.05) is 0 Å². The van der Waals surface area contributed by atoms with Gasteiger partial charge in [-0.1, -0.05) is 54.6 Å². The maximum absolute atomic E-state index is 6.18. The van der Waals surface area contributed by atoms with Crippen LogP contribution in [-0.4, -0.2) is 23.5 Å². The quantitative estimate of drug-likeness (QED) is 0.916. The van der Waals surface area contributed by atoms with Crippen molar-refractivity contribution in [3.05, 3.63) is 71.3 Å². The summed E-state index contributed by atoms with van der Waals surface area (Å²) in [6, 6.07) is 19.5. The molecule has 0 fully saturated rings. The second-order valence-electron chi connectivity index (χ2n) is 6.63. The molecule has 0 bridgehead atoms. The summed E-state index contributed by atoms with van der Waals surface area (Å²) in [5.74, 6) is 0. The van der Waals surface area contributed by atoms with Gasteiger partial charge >= 0.3 is 0 Å². The summed E-state index contributed by atoms with van der Waals surface area (Å²) >= 11 is 0. The fourth-order valence-corrected chi connectivity index (χ4v) is 3.40. The Balaban J connectivity index is 1.70. The molecule has 3 rings (SSSR count). The average Bonchev–Trinajstić information content (AvgIpc) is 2.60. The zero-order valence-corrected chi connectivity index (χ0v) is 13.5. The first-order valence-corrected chi connectivity index (χ1v) is 8.27. The SMILES string of the molecule is CC(CN)(CCc1ccccc1)N1CCc2ccccc2C1. The minimum Gasteiger partial charge on any atom is -0.329 e. The maximum atomic E-state index is 6.18. The van der Waals surface area contributed by atoms with Gasteiger partial charge in [0.2, 0.25) is 0 Å². The van der Waals surface area contributed by atoms with Crippen LogP contribution in [0.4, 0.5) is 0 Å². The third-order valence-electron chi connectivity index (χ3n) is 5.13. The van der Waals surface area contributed by atoms with E-state index in [-0.39, 0.29) is 5.54 Å². The van der Waals surface area contributed by atoms with Gasteiger partial charge in [0.05, 0.1) is 0 Å². The van der Waals surface area contributed by atoms with Gasteiger partial charge in [-0.05, 0) is 42.9 Å². The second kappa shape index (κ2) is 6.64. The molecule has 2 heteroatoms. The highest BCUT2D eigenvalue weighted by molar-refractivity contribution is 5.29. The molecule has 0 aromatic heterocycles. The van der Waals surface area contributed by atoms with Crippen molar-refractivity contribution < 1.29 is 0 Å². The normalized spacial score (nSPS) is 17.7. The largest absolute Gasteiger partial charge is 0.329 e. The molecule has 22 heavy (non-hydrogen) atoms. The van der Waals surface area contributed by atoms with Gasteiger partial charge in [0.25, 0.3) is 0 Å². The lowest BCUT2D eigenvalue weighted by Gasteiger charge is -2.43. The monoisotopic (exact) mass is 294 g/mol. The zero-order chi connectivity index (χ0) is 15.4. The van der Waals surface area contributed by atoms with Gasteiger partial charge in [0, 0.05) is 25.2 Å². The summed E-state index contributed by atoms with van der Waals surface area (Å²) in [7, 11) is 0. The van der Waals surface area contributed by atoms with Gasteiger partial charge in [0.1, 0.15) is 0 Å². The topological polar surface area (TPSA) is 29.3 Å². The van der Waals surface area contributed by atoms with E-state index in [1.54, 1.807) is 0 Å². The van der Waals surface area contributed by atoms with E-state index >= 15 is 0 Å². The van der Waals surface area contributed by atoms with Crippen molar-refractivity contribution in [1.82, 2.24) is 4.90 Å². The van der Waals surface area contributed by atoms with Crippen LogP contribution in [0.15, 0.2) is 54.6 Å². The predicted molar refractivity (Wildman–Crippen MR) is 92.8 cm³/mol. The van der Waals surface area contributed by atoms with Gasteiger partial charge in [-0.2, -0.15) is 0 Å². The average molecular weight is 294 g/mol. The molecule has 1 unspecified atom stereocenters. The molecule has 1 heterocycles. The van der Waals surface area contributed by atoms with Crippen LogP contribution in [0.5, 0.6) is 0 Å². The molecule has 2 aromatic rings. The molecule has 0 amide bonds. The summed E-state index contributed by atoms with van der Waals surface area (Å²) < 4.78 is 0. The molecule has 1 aliphatic heterocycles. The lowest BCUT2D eigenvalue weighted by molar-refractivity contribution is 0.0869. The summed E-state index contributed by atoms with van der Waals surface area (Å²) in [6.45, 7) is 5.17. The van der Waals surface area contributed by atoms with E-state index in [1.165, 1.54) is 16.7 Å². The van der Waals surface area contributed by atoms with Gasteiger partial charge < -0.3 is 5.73 Å². The first-order chi connectivity index (χ1) is 10.7. The lowest BCUT2D eigenvalue weighted by atomic mass is 9.88. The molecule has 2 N–H and O–H groups in total. The van der Waals surface area contributed by atoms with Crippen LogP contribution >= 0.6 is 0 Å². The van der Waals surface area contributed by atoms with Crippen molar-refractivity contribution in [1.29, 1.82) is 0 Å². The van der Waals surface area contributed by atoms with Crippen molar-refractivity contribution in [2.45, 2.75) is 38.3 Å². The lowest BCUT2D eigenvalue weighted by Crippen LogP contribution is -2.53. The van der Waals surface area contributed by atoms with Crippen LogP contribution < -0.4 is 5.73 Å². The first-order valence-electron chi connectivity index (χ1n) is 8.27. The molecule has 1 aliphatic rings. The van der Waals surface area contributed by atoms with Crippen LogP contribution in [0.1, 0.15) is 30.0 Å². The van der Waals surface area contributed by atoms with E-state index in [2.05, 4.69) is 66.4 Å². The minimum atomic E-state index is 0.0728. The van der Waals surface area contributed by atoms with Crippen LogP contribution in [0, 0.1) is 0 Å². The fourth-order valence-electron chi connectivity index (χ4n) is 3.40. The highest BCUT2D eigenvalue weighted by atomic mass is 15.2. The van der Waals surface area contributed by atoms with Crippen molar-refractivity contribution in [3.8, 4) is 0 Å². The van der Waals surface area contributed by atoms with Gasteiger partial charge in [-0.25, -0.2) is 0 Å². The highest BCUT2D eigenvalue weighted by Crippen LogP contribution is 2.28. The Morgan fingerprint density at radius 2 is 1.68 bits per heavy atom. The molecule has 0 saturated heterocycles. The first kappa shape index (κ1) is 15.3. The van der Waals surface area contributed by atoms with E-state index in [9.17, 15) is 0 Å². The Bertz CT molecular complexity index is 608. The molecule has 116 valence electrons. The molecule has 0 aliphatic carbocycles. The smallest absolute Gasteiger partial charge is 0.0310 e. The molecule has 0 spiro atoms. The second-order valence-corrected chi connectivity index (χ2v) is 6.63. The van der Waals surface area contributed by atoms with Crippen LogP contribution in [0.25, 0.3) is 0 Å². The molecule has 2 aromatic carbocycles. The summed E-state index contributed by atoms with van der Waals surface area (Å²) in [4.78, 5) is 2.58. The van der Waals surface area contributed by atoms with Gasteiger partial charge in [-0.3, -0.25) is 4.90 Å². The number of nitrogens with zero attached hydrogens (tertiary/aromatic N) is 1. The fraction of sp³-hybridized carbons (Fsp3) is 0.400. The summed E-state index contributed by atoms with van der Waals surface area (Å²) in [5, 5.41) is 0. The zero-order valence-electron chi connectivity index (χ0n) is 13.5. The van der Waals surface area contributed by atoms with E-state index in [4.69, 9.17) is 5.73 Å². The van der Waals surface area contributed by atoms with E-state index in [0.717, 1.165) is 32.4 Å². The Labute approximate surface area is 134 Å². The highest BCUT2D eigenvalue weighted by Gasteiger charge is 2.32. The Morgan fingerprint density at radius 1 is 1.00 bits per heavy atom. The Kier molecular flexibility index (Phi) is 4.60. The van der Waals surface area contributed by atoms with Gasteiger partial charge in [-0.15, -0.1) is 0 Å². The van der Waals surface area contributed by atoms with Crippen molar-refractivity contribution in [2.24, 2.45) is 5.73 Å². The molecule has 0 saturated carbocycles. The van der Waals surface area contributed by atoms with Crippen LogP contribution in [0.3, 0.4) is 0 Å². The number of hydrogen-bond donors (Lipinski definition) is 1. The van der Waals surface area contributed by atoms with Crippen molar-refractivity contribution in [3.63, 3.8) is 0 Å². The van der Waals surface area contributed by atoms with Crippen molar-refractivity contribution >= 4 is 0 Å². The number of aryl methyl sites for hydroxylation is 1. The molecule has 1 atom stereocenters. The maximum Gasteiger partial charge on any atom is 0.0310 e. The Hall–Kier alpha value is -1.64. The molecular formula is C20H26N2. The number of fused-ring (bicyclic) bond motifs is 1. The van der Waals surface area contributed by atoms with E-state index in [0.29, 0.717) is 6.54 Å². The van der Waals surface area contributed by atoms with Crippen molar-refractivity contribution in [2.75, 3.05) is 13.1 Å². The standard InChI is InChI=1S/C20H26N2/c1-20(16-21,13-11-17-7-3-2-4-8-17)22-14-12-18-9-5-6-10-19(18)15-22/h2-10H,11-16,21H2,1H3.